The Balaban J connectivity index is 1.73. The lowest BCUT2D eigenvalue weighted by Crippen LogP contribution is -2.44. The average molecular weight is 377 g/mol. The van der Waals surface area contributed by atoms with Crippen LogP contribution in [0.15, 0.2) is 30.3 Å². The third kappa shape index (κ3) is 6.56. The van der Waals surface area contributed by atoms with E-state index in [4.69, 9.17) is 9.47 Å². The van der Waals surface area contributed by atoms with E-state index in [1.54, 1.807) is 18.9 Å². The molecule has 1 saturated heterocycles. The quantitative estimate of drug-likeness (QED) is 0.556. The van der Waals surface area contributed by atoms with Crippen LogP contribution in [0.1, 0.15) is 19.8 Å². The van der Waals surface area contributed by atoms with Gasteiger partial charge in [0.15, 0.2) is 6.10 Å². The Morgan fingerprint density at radius 3 is 2.48 bits per heavy atom. The van der Waals surface area contributed by atoms with Gasteiger partial charge in [0.1, 0.15) is 0 Å². The van der Waals surface area contributed by atoms with Crippen LogP contribution in [0.3, 0.4) is 0 Å². The Morgan fingerprint density at radius 1 is 1.19 bits per heavy atom. The molecule has 27 heavy (non-hydrogen) atoms. The van der Waals surface area contributed by atoms with Gasteiger partial charge in [-0.2, -0.15) is 0 Å². The van der Waals surface area contributed by atoms with Gasteiger partial charge in [-0.05, 0) is 31.9 Å². The van der Waals surface area contributed by atoms with Gasteiger partial charge in [0.25, 0.3) is 5.91 Å². The third-order valence-corrected chi connectivity index (χ3v) is 4.41. The predicted molar refractivity (Wildman–Crippen MR) is 100 cm³/mol. The molecule has 1 aromatic rings. The fourth-order valence-corrected chi connectivity index (χ4v) is 2.79. The summed E-state index contributed by atoms with van der Waals surface area (Å²) in [7, 11) is 1.54. The van der Waals surface area contributed by atoms with Gasteiger partial charge in [0.05, 0.1) is 12.5 Å². The number of benzene rings is 1. The normalized spacial score (nSPS) is 15.7. The molecule has 0 bridgehead atoms. The van der Waals surface area contributed by atoms with Crippen molar-refractivity contribution in [3.8, 4) is 0 Å². The van der Waals surface area contributed by atoms with E-state index in [1.165, 1.54) is 0 Å². The number of anilines is 1. The first-order chi connectivity index (χ1) is 13.0. The minimum absolute atomic E-state index is 0.182. The zero-order valence-electron chi connectivity index (χ0n) is 15.8. The molecule has 1 aliphatic rings. The van der Waals surface area contributed by atoms with Crippen LogP contribution in [-0.4, -0.2) is 62.3 Å². The number of para-hydroxylation sites is 1. The Labute approximate surface area is 159 Å². The number of carbonyl (C=O) groups is 3. The van der Waals surface area contributed by atoms with Crippen LogP contribution in [0.5, 0.6) is 0 Å². The zero-order valence-corrected chi connectivity index (χ0v) is 15.8. The zero-order chi connectivity index (χ0) is 19.6. The topological polar surface area (TPSA) is 97.0 Å². The van der Waals surface area contributed by atoms with E-state index in [9.17, 15) is 14.4 Å². The summed E-state index contributed by atoms with van der Waals surface area (Å²) in [6.07, 6.45) is 0.173. The molecule has 8 heteroatoms. The molecular formula is C19H27N3O5. The monoisotopic (exact) mass is 377 g/mol. The highest BCUT2D eigenvalue weighted by molar-refractivity contribution is 5.89. The molecule has 2 rings (SSSR count). The van der Waals surface area contributed by atoms with Crippen molar-refractivity contribution in [1.82, 2.24) is 10.2 Å². The second-order valence-electron chi connectivity index (χ2n) is 6.42. The smallest absolute Gasteiger partial charge is 0.321 e. The lowest BCUT2D eigenvalue weighted by Gasteiger charge is -2.31. The maximum atomic E-state index is 12.3. The highest BCUT2D eigenvalue weighted by Gasteiger charge is 2.30. The summed E-state index contributed by atoms with van der Waals surface area (Å²) in [6.45, 7) is 3.24. The third-order valence-electron chi connectivity index (χ3n) is 4.41. The molecule has 0 unspecified atom stereocenters. The minimum atomic E-state index is -0.853. The van der Waals surface area contributed by atoms with E-state index in [0.717, 1.165) is 5.69 Å². The number of likely N-dealkylation sites (tertiary alicyclic amines) is 1. The minimum Gasteiger partial charge on any atom is -0.452 e. The fraction of sp³-hybridized carbons (Fsp3) is 0.526. The van der Waals surface area contributed by atoms with Gasteiger partial charge in [-0.3, -0.25) is 9.59 Å². The second kappa shape index (κ2) is 10.5. The van der Waals surface area contributed by atoms with Crippen LogP contribution >= 0.6 is 0 Å². The summed E-state index contributed by atoms with van der Waals surface area (Å²) in [5.74, 6) is -1.05. The Bertz CT molecular complexity index is 629. The summed E-state index contributed by atoms with van der Waals surface area (Å²) in [4.78, 5) is 38.1. The van der Waals surface area contributed by atoms with E-state index in [-0.39, 0.29) is 17.9 Å². The van der Waals surface area contributed by atoms with Crippen molar-refractivity contribution in [3.05, 3.63) is 30.3 Å². The van der Waals surface area contributed by atoms with E-state index >= 15 is 0 Å². The van der Waals surface area contributed by atoms with Crippen molar-refractivity contribution in [2.24, 2.45) is 5.92 Å². The van der Waals surface area contributed by atoms with E-state index in [0.29, 0.717) is 39.1 Å². The molecule has 0 aromatic heterocycles. The van der Waals surface area contributed by atoms with Crippen LogP contribution < -0.4 is 10.6 Å². The summed E-state index contributed by atoms with van der Waals surface area (Å²) < 4.78 is 10.1. The number of nitrogens with one attached hydrogen (secondary N) is 2. The fourth-order valence-electron chi connectivity index (χ4n) is 2.79. The Morgan fingerprint density at radius 2 is 1.85 bits per heavy atom. The van der Waals surface area contributed by atoms with Crippen molar-refractivity contribution in [2.75, 3.05) is 38.7 Å². The first-order valence-corrected chi connectivity index (χ1v) is 9.09. The molecule has 1 aliphatic heterocycles. The predicted octanol–water partition coefficient (Wildman–Crippen LogP) is 1.62. The van der Waals surface area contributed by atoms with E-state index < -0.39 is 12.1 Å². The van der Waals surface area contributed by atoms with Crippen molar-refractivity contribution in [1.29, 1.82) is 0 Å². The first kappa shape index (κ1) is 20.7. The second-order valence-corrected chi connectivity index (χ2v) is 6.42. The molecule has 0 radical (unpaired) electrons. The lowest BCUT2D eigenvalue weighted by molar-refractivity contribution is -0.160. The van der Waals surface area contributed by atoms with Gasteiger partial charge < -0.3 is 25.0 Å². The summed E-state index contributed by atoms with van der Waals surface area (Å²) in [5.41, 5.74) is 0.734. The van der Waals surface area contributed by atoms with Gasteiger partial charge in [-0.15, -0.1) is 0 Å². The molecule has 2 N–H and O–H groups in total. The molecule has 3 amide bonds. The standard InChI is InChI=1S/C19H27N3O5/c1-14(17(23)20-10-13-26-2)27-18(24)15-8-11-22(12-9-15)19(25)21-16-6-4-3-5-7-16/h3-7,14-15H,8-13H2,1-2H3,(H,20,23)(H,21,25)/t14-/m0/s1. The molecule has 1 heterocycles. The first-order valence-electron chi connectivity index (χ1n) is 9.09. The van der Waals surface area contributed by atoms with Gasteiger partial charge in [-0.25, -0.2) is 4.79 Å². The van der Waals surface area contributed by atoms with Crippen LogP contribution in [0.4, 0.5) is 10.5 Å². The van der Waals surface area contributed by atoms with Crippen LogP contribution in [-0.2, 0) is 19.1 Å². The number of hydrogen-bond acceptors (Lipinski definition) is 5. The number of nitrogens with zero attached hydrogens (tertiary/aromatic N) is 1. The molecule has 1 atom stereocenters. The molecule has 1 aromatic carbocycles. The van der Waals surface area contributed by atoms with Crippen LogP contribution in [0.2, 0.25) is 0 Å². The van der Waals surface area contributed by atoms with Gasteiger partial charge in [0.2, 0.25) is 0 Å². The molecule has 8 nitrogen and oxygen atoms in total. The van der Waals surface area contributed by atoms with Gasteiger partial charge in [-0.1, -0.05) is 18.2 Å². The van der Waals surface area contributed by atoms with Crippen LogP contribution in [0.25, 0.3) is 0 Å². The number of piperidine rings is 1. The number of esters is 1. The summed E-state index contributed by atoms with van der Waals surface area (Å²) >= 11 is 0. The molecule has 1 fully saturated rings. The number of methoxy groups -OCH3 is 1. The highest BCUT2D eigenvalue weighted by atomic mass is 16.5. The number of urea groups is 1. The van der Waals surface area contributed by atoms with Crippen molar-refractivity contribution >= 4 is 23.6 Å². The SMILES string of the molecule is COCCNC(=O)[C@H](C)OC(=O)C1CCN(C(=O)Nc2ccccc2)CC1. The lowest BCUT2D eigenvalue weighted by atomic mass is 9.97. The van der Waals surface area contributed by atoms with Gasteiger partial charge >= 0.3 is 12.0 Å². The van der Waals surface area contributed by atoms with E-state index in [1.807, 2.05) is 30.3 Å². The van der Waals surface area contributed by atoms with Crippen molar-refractivity contribution in [3.63, 3.8) is 0 Å². The Hall–Kier alpha value is -2.61. The Kier molecular flexibility index (Phi) is 8.06. The molecule has 148 valence electrons. The molecule has 0 spiro atoms. The summed E-state index contributed by atoms with van der Waals surface area (Å²) in [5, 5.41) is 5.47. The number of ether oxygens (including phenoxy) is 2. The number of rotatable bonds is 7. The summed E-state index contributed by atoms with van der Waals surface area (Å²) in [6, 6.07) is 9.04. The molecular weight excluding hydrogens is 350 g/mol. The molecule has 0 aliphatic carbocycles. The van der Waals surface area contributed by atoms with Crippen molar-refractivity contribution < 1.29 is 23.9 Å². The molecule has 0 saturated carbocycles. The van der Waals surface area contributed by atoms with E-state index in [2.05, 4.69) is 10.6 Å². The highest BCUT2D eigenvalue weighted by Crippen LogP contribution is 2.20. The maximum absolute atomic E-state index is 12.3. The average Bonchev–Trinajstić information content (AvgIpc) is 2.68. The number of amides is 3. The van der Waals surface area contributed by atoms with Crippen LogP contribution in [0, 0.1) is 5.92 Å². The maximum Gasteiger partial charge on any atom is 0.321 e. The largest absolute Gasteiger partial charge is 0.452 e. The number of carbonyl (C=O) groups excluding carboxylic acids is 3. The van der Waals surface area contributed by atoms with Gasteiger partial charge in [0, 0.05) is 32.4 Å². The van der Waals surface area contributed by atoms with Crippen molar-refractivity contribution in [2.45, 2.75) is 25.9 Å². The number of hydrogen-bond donors (Lipinski definition) is 2.